The fourth-order valence-electron chi connectivity index (χ4n) is 1.98. The van der Waals surface area contributed by atoms with Gasteiger partial charge in [-0.05, 0) is 31.2 Å². The molecule has 100 valence electrons. The molecule has 0 aromatic carbocycles. The molecule has 2 heterocycles. The summed E-state index contributed by atoms with van der Waals surface area (Å²) in [7, 11) is 2.16. The Hall–Kier alpha value is -0.390. The van der Waals surface area contributed by atoms with Crippen LogP contribution in [0, 0.1) is 0 Å². The second-order valence-corrected chi connectivity index (χ2v) is 6.33. The summed E-state index contributed by atoms with van der Waals surface area (Å²) >= 11 is 3.22. The zero-order chi connectivity index (χ0) is 12.8. The summed E-state index contributed by atoms with van der Waals surface area (Å²) in [6, 6.07) is 0. The lowest BCUT2D eigenvalue weighted by molar-refractivity contribution is 0.369. The molecule has 0 bridgehead atoms. The van der Waals surface area contributed by atoms with Crippen LogP contribution in [0.5, 0.6) is 0 Å². The highest BCUT2D eigenvalue weighted by Gasteiger charge is 2.16. The highest BCUT2D eigenvalue weighted by molar-refractivity contribution is 7.99. The third kappa shape index (κ3) is 3.80. The van der Waals surface area contributed by atoms with Gasteiger partial charge in [0, 0.05) is 13.1 Å². The van der Waals surface area contributed by atoms with E-state index in [4.69, 9.17) is 0 Å². The monoisotopic (exact) mass is 283 g/mol. The van der Waals surface area contributed by atoms with Crippen molar-refractivity contribution in [2.45, 2.75) is 37.6 Å². The lowest BCUT2D eigenvalue weighted by atomic mass is 10.1. The minimum atomic E-state index is 1.03. The van der Waals surface area contributed by atoms with Gasteiger partial charge in [-0.15, -0.1) is 11.8 Å². The largest absolute Gasteiger partial charge is 0.302 e. The van der Waals surface area contributed by atoms with Crippen LogP contribution in [-0.2, 0) is 0 Å². The molecule has 18 heavy (non-hydrogen) atoms. The second-order valence-electron chi connectivity index (χ2n) is 4.72. The molecule has 0 fully saturated rings. The number of likely N-dealkylation sites (N-methyl/N-ethyl adjacent to an activating group) is 1. The van der Waals surface area contributed by atoms with E-state index < -0.39 is 0 Å². The number of thioether (sulfide) groups is 1. The number of hydrogen-bond acceptors (Lipinski definition) is 5. The topological polar surface area (TPSA) is 29.0 Å². The van der Waals surface area contributed by atoms with Gasteiger partial charge in [0.2, 0.25) is 0 Å². The van der Waals surface area contributed by atoms with Crippen molar-refractivity contribution in [1.29, 1.82) is 0 Å². The van der Waals surface area contributed by atoms with Crippen molar-refractivity contribution in [2.24, 2.45) is 0 Å². The van der Waals surface area contributed by atoms with Crippen LogP contribution in [0.2, 0.25) is 0 Å². The van der Waals surface area contributed by atoms with E-state index >= 15 is 0 Å². The van der Waals surface area contributed by atoms with Crippen molar-refractivity contribution in [1.82, 2.24) is 13.6 Å². The standard InChI is InChI=1S/C13H21N3S2/c1-3-4-5-10-17-13-12(14-18-15-13)11-6-8-16(2)9-7-11/h6H,3-5,7-10H2,1-2H3. The van der Waals surface area contributed by atoms with Crippen molar-refractivity contribution in [3.8, 4) is 0 Å². The van der Waals surface area contributed by atoms with Gasteiger partial charge in [-0.2, -0.15) is 8.75 Å². The van der Waals surface area contributed by atoms with Crippen molar-refractivity contribution in [2.75, 3.05) is 25.9 Å². The van der Waals surface area contributed by atoms with Crippen LogP contribution < -0.4 is 0 Å². The van der Waals surface area contributed by atoms with Crippen LogP contribution in [0.3, 0.4) is 0 Å². The third-order valence-electron chi connectivity index (χ3n) is 3.16. The van der Waals surface area contributed by atoms with Gasteiger partial charge in [-0.1, -0.05) is 25.8 Å². The predicted octanol–water partition coefficient (Wildman–Crippen LogP) is 3.54. The first-order valence-electron chi connectivity index (χ1n) is 6.64. The van der Waals surface area contributed by atoms with E-state index in [1.165, 1.54) is 42.3 Å². The Balaban J connectivity index is 1.95. The first kappa shape index (κ1) is 14.0. The molecule has 0 aliphatic carbocycles. The van der Waals surface area contributed by atoms with Crippen LogP contribution in [0.25, 0.3) is 5.57 Å². The summed E-state index contributed by atoms with van der Waals surface area (Å²) in [5, 5.41) is 1.15. The molecular weight excluding hydrogens is 262 g/mol. The SMILES string of the molecule is CCCCCSc1nsnc1C1=CCN(C)CC1. The van der Waals surface area contributed by atoms with E-state index in [1.54, 1.807) is 0 Å². The summed E-state index contributed by atoms with van der Waals surface area (Å²) < 4.78 is 8.93. The Morgan fingerprint density at radius 1 is 1.39 bits per heavy atom. The predicted molar refractivity (Wildman–Crippen MR) is 80.2 cm³/mol. The van der Waals surface area contributed by atoms with Gasteiger partial charge in [0.25, 0.3) is 0 Å². The van der Waals surface area contributed by atoms with Gasteiger partial charge in [-0.3, -0.25) is 0 Å². The van der Waals surface area contributed by atoms with E-state index in [1.807, 2.05) is 11.8 Å². The van der Waals surface area contributed by atoms with Crippen LogP contribution in [0.4, 0.5) is 0 Å². The van der Waals surface area contributed by atoms with E-state index in [0.29, 0.717) is 0 Å². The van der Waals surface area contributed by atoms with Crippen molar-refractivity contribution < 1.29 is 0 Å². The lowest BCUT2D eigenvalue weighted by Gasteiger charge is -2.21. The van der Waals surface area contributed by atoms with Crippen LogP contribution in [-0.4, -0.2) is 39.5 Å². The molecule has 0 spiro atoms. The quantitative estimate of drug-likeness (QED) is 0.590. The number of hydrogen-bond donors (Lipinski definition) is 0. The summed E-state index contributed by atoms with van der Waals surface area (Å²) in [6.45, 7) is 4.40. The molecule has 5 heteroatoms. The molecule has 0 saturated heterocycles. The summed E-state index contributed by atoms with van der Waals surface area (Å²) in [4.78, 5) is 2.33. The molecule has 0 radical (unpaired) electrons. The van der Waals surface area contributed by atoms with Crippen molar-refractivity contribution in [3.63, 3.8) is 0 Å². The Labute approximate surface area is 118 Å². The normalized spacial score (nSPS) is 16.9. The molecule has 0 saturated carbocycles. The average molecular weight is 283 g/mol. The first-order valence-corrected chi connectivity index (χ1v) is 8.36. The Kier molecular flexibility index (Phi) is 5.66. The van der Waals surface area contributed by atoms with E-state index in [0.717, 1.165) is 30.2 Å². The Morgan fingerprint density at radius 3 is 3.00 bits per heavy atom. The first-order chi connectivity index (χ1) is 8.81. The maximum atomic E-state index is 4.49. The number of rotatable bonds is 6. The van der Waals surface area contributed by atoms with E-state index in [-0.39, 0.29) is 0 Å². The average Bonchev–Trinajstić information content (AvgIpc) is 2.84. The smallest absolute Gasteiger partial charge is 0.138 e. The highest BCUT2D eigenvalue weighted by Crippen LogP contribution is 2.30. The maximum Gasteiger partial charge on any atom is 0.138 e. The molecule has 1 aromatic heterocycles. The number of aromatic nitrogens is 2. The van der Waals surface area contributed by atoms with Gasteiger partial charge in [0.15, 0.2) is 0 Å². The summed E-state index contributed by atoms with van der Waals surface area (Å²) in [5.41, 5.74) is 2.54. The van der Waals surface area contributed by atoms with Crippen LogP contribution in [0.1, 0.15) is 38.3 Å². The second kappa shape index (κ2) is 7.26. The fourth-order valence-corrected chi connectivity index (χ4v) is 3.69. The molecule has 0 atom stereocenters. The Bertz CT molecular complexity index is 401. The molecular formula is C13H21N3S2. The maximum absolute atomic E-state index is 4.49. The fraction of sp³-hybridized carbons (Fsp3) is 0.692. The van der Waals surface area contributed by atoms with E-state index in [9.17, 15) is 0 Å². The van der Waals surface area contributed by atoms with Gasteiger partial charge in [0.1, 0.15) is 10.7 Å². The van der Waals surface area contributed by atoms with Gasteiger partial charge in [-0.25, -0.2) is 0 Å². The van der Waals surface area contributed by atoms with Crippen LogP contribution in [0.15, 0.2) is 11.1 Å². The molecule has 2 rings (SSSR count). The molecule has 0 N–H and O–H groups in total. The van der Waals surface area contributed by atoms with Gasteiger partial charge >= 0.3 is 0 Å². The van der Waals surface area contributed by atoms with Gasteiger partial charge < -0.3 is 4.90 Å². The van der Waals surface area contributed by atoms with Crippen LogP contribution >= 0.6 is 23.5 Å². The number of unbranched alkanes of at least 4 members (excludes halogenated alkanes) is 2. The number of nitrogens with zero attached hydrogens (tertiary/aromatic N) is 3. The Morgan fingerprint density at radius 2 is 2.28 bits per heavy atom. The molecule has 0 amide bonds. The summed E-state index contributed by atoms with van der Waals surface area (Å²) in [6.07, 6.45) is 7.27. The zero-order valence-electron chi connectivity index (χ0n) is 11.2. The minimum Gasteiger partial charge on any atom is -0.302 e. The minimum absolute atomic E-state index is 1.03. The van der Waals surface area contributed by atoms with Gasteiger partial charge in [0.05, 0.1) is 11.7 Å². The highest BCUT2D eigenvalue weighted by atomic mass is 32.2. The lowest BCUT2D eigenvalue weighted by Crippen LogP contribution is -2.23. The van der Waals surface area contributed by atoms with E-state index in [2.05, 4.69) is 33.7 Å². The molecule has 1 aliphatic heterocycles. The zero-order valence-corrected chi connectivity index (χ0v) is 12.8. The molecule has 0 unspecified atom stereocenters. The third-order valence-corrected chi connectivity index (χ3v) is 4.86. The summed E-state index contributed by atoms with van der Waals surface area (Å²) in [5.74, 6) is 1.17. The molecule has 1 aliphatic rings. The van der Waals surface area contributed by atoms with Crippen molar-refractivity contribution in [3.05, 3.63) is 11.8 Å². The molecule has 1 aromatic rings. The molecule has 3 nitrogen and oxygen atoms in total. The van der Waals surface area contributed by atoms with Crippen molar-refractivity contribution >= 4 is 29.1 Å².